The van der Waals surface area contributed by atoms with E-state index in [4.69, 9.17) is 11.6 Å². The van der Waals surface area contributed by atoms with Gasteiger partial charge in [-0.05, 0) is 25.1 Å². The molecule has 0 saturated heterocycles. The first-order chi connectivity index (χ1) is 7.59. The Morgan fingerprint density at radius 1 is 1.44 bits per heavy atom. The van der Waals surface area contributed by atoms with Crippen molar-refractivity contribution in [2.75, 3.05) is 0 Å². The van der Waals surface area contributed by atoms with Crippen LogP contribution in [-0.2, 0) is 0 Å². The number of hydrogen-bond donors (Lipinski definition) is 0. The number of imidazole rings is 1. The van der Waals surface area contributed by atoms with Crippen LogP contribution >= 0.6 is 11.6 Å². The van der Waals surface area contributed by atoms with Crippen LogP contribution in [0.25, 0.3) is 5.69 Å². The second kappa shape index (κ2) is 4.10. The summed E-state index contributed by atoms with van der Waals surface area (Å²) in [6.45, 7) is 3.38. The fourth-order valence-corrected chi connectivity index (χ4v) is 1.82. The average Bonchev–Trinajstić information content (AvgIpc) is 2.60. The lowest BCUT2D eigenvalue weighted by Gasteiger charge is -2.08. The molecule has 0 amide bonds. The molecule has 82 valence electrons. The van der Waals surface area contributed by atoms with Crippen molar-refractivity contribution in [1.29, 1.82) is 0 Å². The highest BCUT2D eigenvalue weighted by Gasteiger charge is 2.12. The minimum Gasteiger partial charge on any atom is -0.294 e. The molecule has 0 aliphatic rings. The molecule has 0 saturated carbocycles. The molecule has 0 atom stereocenters. The van der Waals surface area contributed by atoms with E-state index in [1.165, 1.54) is 6.92 Å². The van der Waals surface area contributed by atoms with Gasteiger partial charge in [-0.25, -0.2) is 4.98 Å². The van der Waals surface area contributed by atoms with Crippen LogP contribution in [0.3, 0.4) is 0 Å². The van der Waals surface area contributed by atoms with Crippen molar-refractivity contribution in [2.45, 2.75) is 13.8 Å². The zero-order valence-electron chi connectivity index (χ0n) is 9.07. The maximum Gasteiger partial charge on any atom is 0.178 e. The molecule has 1 aromatic heterocycles. The van der Waals surface area contributed by atoms with Crippen LogP contribution in [0.1, 0.15) is 23.2 Å². The first-order valence-corrected chi connectivity index (χ1v) is 5.28. The van der Waals surface area contributed by atoms with Crippen LogP contribution in [-0.4, -0.2) is 15.3 Å². The van der Waals surface area contributed by atoms with E-state index < -0.39 is 0 Å². The van der Waals surface area contributed by atoms with Crippen LogP contribution in [0.15, 0.2) is 30.5 Å². The summed E-state index contributed by atoms with van der Waals surface area (Å²) in [5.74, 6) is 0.757. The fraction of sp³-hybridized carbons (Fsp3) is 0.167. The van der Waals surface area contributed by atoms with Gasteiger partial charge in [0.05, 0.1) is 6.20 Å². The molecule has 16 heavy (non-hydrogen) atoms. The van der Waals surface area contributed by atoms with E-state index in [-0.39, 0.29) is 5.78 Å². The number of hydrogen-bond acceptors (Lipinski definition) is 2. The lowest BCUT2D eigenvalue weighted by atomic mass is 10.2. The Morgan fingerprint density at radius 3 is 2.81 bits per heavy atom. The molecule has 0 fully saturated rings. The summed E-state index contributed by atoms with van der Waals surface area (Å²) >= 11 is 5.93. The molecule has 1 heterocycles. The zero-order chi connectivity index (χ0) is 11.7. The largest absolute Gasteiger partial charge is 0.294 e. The molecule has 0 N–H and O–H groups in total. The lowest BCUT2D eigenvalue weighted by molar-refractivity contribution is 0.101. The van der Waals surface area contributed by atoms with Crippen molar-refractivity contribution in [2.24, 2.45) is 0 Å². The van der Waals surface area contributed by atoms with Gasteiger partial charge in [0.15, 0.2) is 5.78 Å². The van der Waals surface area contributed by atoms with Gasteiger partial charge >= 0.3 is 0 Å². The number of aryl methyl sites for hydroxylation is 1. The number of halogens is 1. The predicted octanol–water partition coefficient (Wildman–Crippen LogP) is 3.04. The van der Waals surface area contributed by atoms with Crippen LogP contribution in [0.4, 0.5) is 0 Å². The molecule has 2 rings (SSSR count). The van der Waals surface area contributed by atoms with Crippen molar-refractivity contribution in [3.63, 3.8) is 0 Å². The highest BCUT2D eigenvalue weighted by Crippen LogP contribution is 2.18. The summed E-state index contributed by atoms with van der Waals surface area (Å²) in [7, 11) is 0. The first kappa shape index (κ1) is 10.9. The van der Waals surface area contributed by atoms with Gasteiger partial charge < -0.3 is 0 Å². The first-order valence-electron chi connectivity index (χ1n) is 4.91. The highest BCUT2D eigenvalue weighted by atomic mass is 35.5. The van der Waals surface area contributed by atoms with Crippen molar-refractivity contribution < 1.29 is 4.79 Å². The van der Waals surface area contributed by atoms with Gasteiger partial charge in [-0.2, -0.15) is 0 Å². The summed E-state index contributed by atoms with van der Waals surface area (Å²) in [4.78, 5) is 15.6. The number of carbonyl (C=O) groups excluding carboxylic acids is 1. The van der Waals surface area contributed by atoms with Crippen LogP contribution in [0.2, 0.25) is 5.02 Å². The van der Waals surface area contributed by atoms with Crippen LogP contribution in [0.5, 0.6) is 0 Å². The number of ketones is 1. The van der Waals surface area contributed by atoms with Gasteiger partial charge in [0.2, 0.25) is 0 Å². The third-order valence-electron chi connectivity index (χ3n) is 2.37. The van der Waals surface area contributed by atoms with Crippen LogP contribution < -0.4 is 0 Å². The smallest absolute Gasteiger partial charge is 0.178 e. The van der Waals surface area contributed by atoms with Crippen molar-refractivity contribution >= 4 is 17.4 Å². The normalized spacial score (nSPS) is 10.4. The Kier molecular flexibility index (Phi) is 2.79. The molecule has 0 bridgehead atoms. The minimum atomic E-state index is -0.0134. The number of Topliss-reactive ketones (excluding diaryl/α,β-unsaturated/α-hetero) is 1. The van der Waals surface area contributed by atoms with Gasteiger partial charge in [0.1, 0.15) is 11.5 Å². The number of rotatable bonds is 2. The summed E-state index contributed by atoms with van der Waals surface area (Å²) in [6, 6.07) is 7.35. The van der Waals surface area contributed by atoms with E-state index in [0.29, 0.717) is 10.7 Å². The van der Waals surface area contributed by atoms with Gasteiger partial charge in [-0.15, -0.1) is 0 Å². The molecule has 4 heteroatoms. The topological polar surface area (TPSA) is 34.9 Å². The van der Waals surface area contributed by atoms with Crippen LogP contribution in [0, 0.1) is 6.92 Å². The minimum absolute atomic E-state index is 0.0134. The predicted molar refractivity (Wildman–Crippen MR) is 63.3 cm³/mol. The molecule has 0 aliphatic heterocycles. The third kappa shape index (κ3) is 1.86. The van der Waals surface area contributed by atoms with E-state index in [1.807, 2.05) is 25.1 Å². The van der Waals surface area contributed by atoms with Gasteiger partial charge in [0.25, 0.3) is 0 Å². The lowest BCUT2D eigenvalue weighted by Crippen LogP contribution is -2.05. The maximum absolute atomic E-state index is 11.4. The fourth-order valence-electron chi connectivity index (χ4n) is 1.63. The Hall–Kier alpha value is -1.61. The molecule has 0 aliphatic carbocycles. The number of carbonyl (C=O) groups is 1. The number of aromatic nitrogens is 2. The Morgan fingerprint density at radius 2 is 2.19 bits per heavy atom. The summed E-state index contributed by atoms with van der Waals surface area (Å²) in [5, 5.41) is 0.639. The molecule has 1 aromatic carbocycles. The standard InChI is InChI=1S/C12H11ClN2O/c1-8(16)12-7-14-9(2)15(12)11-5-3-4-10(13)6-11/h3-7H,1-2H3. The average molecular weight is 235 g/mol. The highest BCUT2D eigenvalue weighted by molar-refractivity contribution is 6.30. The van der Waals surface area contributed by atoms with E-state index in [2.05, 4.69) is 4.98 Å². The second-order valence-electron chi connectivity index (χ2n) is 3.56. The van der Waals surface area contributed by atoms with Crippen molar-refractivity contribution in [3.8, 4) is 5.69 Å². The molecule has 2 aromatic rings. The Bertz CT molecular complexity index is 546. The van der Waals surface area contributed by atoms with E-state index in [0.717, 1.165) is 11.5 Å². The molecular formula is C12H11ClN2O. The molecule has 0 unspecified atom stereocenters. The number of benzene rings is 1. The third-order valence-corrected chi connectivity index (χ3v) is 2.60. The van der Waals surface area contributed by atoms with E-state index in [9.17, 15) is 4.79 Å². The van der Waals surface area contributed by atoms with Gasteiger partial charge in [-0.1, -0.05) is 17.7 Å². The Balaban J connectivity index is 2.63. The maximum atomic E-state index is 11.4. The number of nitrogens with zero attached hydrogens (tertiary/aromatic N) is 2. The van der Waals surface area contributed by atoms with E-state index in [1.54, 1.807) is 16.8 Å². The summed E-state index contributed by atoms with van der Waals surface area (Å²) in [6.07, 6.45) is 1.58. The monoisotopic (exact) mass is 234 g/mol. The zero-order valence-corrected chi connectivity index (χ0v) is 9.82. The van der Waals surface area contributed by atoms with E-state index >= 15 is 0 Å². The second-order valence-corrected chi connectivity index (χ2v) is 4.00. The molecule has 3 nitrogen and oxygen atoms in total. The van der Waals surface area contributed by atoms with Crippen molar-refractivity contribution in [1.82, 2.24) is 9.55 Å². The summed E-state index contributed by atoms with van der Waals surface area (Å²) < 4.78 is 1.80. The molecular weight excluding hydrogens is 224 g/mol. The summed E-state index contributed by atoms with van der Waals surface area (Å²) in [5.41, 5.74) is 1.42. The molecule has 0 radical (unpaired) electrons. The Labute approximate surface area is 98.7 Å². The quantitative estimate of drug-likeness (QED) is 0.749. The van der Waals surface area contributed by atoms with Gasteiger partial charge in [-0.3, -0.25) is 9.36 Å². The van der Waals surface area contributed by atoms with Gasteiger partial charge in [0, 0.05) is 17.6 Å². The SMILES string of the molecule is CC(=O)c1cnc(C)n1-c1cccc(Cl)c1. The molecule has 0 spiro atoms. The van der Waals surface area contributed by atoms with Crippen molar-refractivity contribution in [3.05, 3.63) is 47.0 Å².